The summed E-state index contributed by atoms with van der Waals surface area (Å²) in [6.45, 7) is 8.12. The molecule has 61 heavy (non-hydrogen) atoms. The topological polar surface area (TPSA) is 24.9 Å². The van der Waals surface area contributed by atoms with Crippen LogP contribution in [0, 0.1) is 0 Å². The van der Waals surface area contributed by atoms with Crippen molar-refractivity contribution in [3.05, 3.63) is 231 Å². The number of fused-ring (bicyclic) bond motifs is 6. The van der Waals surface area contributed by atoms with Gasteiger partial charge in [-0.15, -0.1) is 0 Å². The third-order valence-electron chi connectivity index (χ3n) is 11.9. The molecule has 9 aromatic carbocycles. The molecule has 0 fully saturated rings. The maximum absolute atomic E-state index is 7.04. The van der Waals surface area contributed by atoms with Gasteiger partial charge in [0.2, 0.25) is 0 Å². The molecule has 0 spiro atoms. The molecule has 0 aromatic heterocycles. The van der Waals surface area contributed by atoms with Crippen LogP contribution in [0.15, 0.2) is 231 Å². The van der Waals surface area contributed by atoms with Crippen LogP contribution in [0.3, 0.4) is 0 Å². The van der Waals surface area contributed by atoms with E-state index in [0.29, 0.717) is 0 Å². The lowest BCUT2D eigenvalue weighted by molar-refractivity contribution is 0.465. The van der Waals surface area contributed by atoms with Crippen molar-refractivity contribution in [1.29, 1.82) is 0 Å². The molecule has 0 N–H and O–H groups in total. The lowest BCUT2D eigenvalue weighted by atomic mass is 9.35. The Balaban J connectivity index is 1.10. The first-order chi connectivity index (χ1) is 30.2. The number of benzene rings is 9. The van der Waals surface area contributed by atoms with E-state index in [1.165, 1.54) is 10.8 Å². The smallest absolute Gasteiger partial charge is 0.260 e. The van der Waals surface area contributed by atoms with Crippen LogP contribution in [0.5, 0.6) is 23.0 Å². The Morgan fingerprint density at radius 3 is 1.64 bits per heavy atom. The number of anilines is 5. The summed E-state index contributed by atoms with van der Waals surface area (Å²) in [4.78, 5) is 4.56. The molecule has 11 rings (SSSR count). The average Bonchev–Trinajstić information content (AvgIpc) is 3.32. The third kappa shape index (κ3) is 6.18. The number of hydrogen-bond acceptors (Lipinski definition) is 4. The highest BCUT2D eigenvalue weighted by Crippen LogP contribution is 2.44. The summed E-state index contributed by atoms with van der Waals surface area (Å²) >= 11 is 0. The fourth-order valence-electron chi connectivity index (χ4n) is 9.14. The van der Waals surface area contributed by atoms with Gasteiger partial charge in [0.15, 0.2) is 0 Å². The minimum atomic E-state index is -0.137. The van der Waals surface area contributed by atoms with Crippen LogP contribution in [0.4, 0.5) is 28.4 Å². The van der Waals surface area contributed by atoms with Crippen molar-refractivity contribution in [2.45, 2.75) is 0 Å². The second kappa shape index (κ2) is 15.0. The zero-order valence-corrected chi connectivity index (χ0v) is 33.4. The van der Waals surface area contributed by atoms with E-state index in [4.69, 9.17) is 9.47 Å². The van der Waals surface area contributed by atoms with E-state index in [9.17, 15) is 0 Å². The van der Waals surface area contributed by atoms with Crippen molar-refractivity contribution >= 4 is 73.1 Å². The van der Waals surface area contributed by atoms with Crippen LogP contribution in [-0.4, -0.2) is 6.71 Å². The highest BCUT2D eigenvalue weighted by molar-refractivity contribution is 6.98. The first-order valence-electron chi connectivity index (χ1n) is 20.6. The Bertz CT molecular complexity index is 3200. The van der Waals surface area contributed by atoms with Crippen LogP contribution in [-0.2, 0) is 0 Å². The van der Waals surface area contributed by atoms with Gasteiger partial charge < -0.3 is 19.3 Å². The average molecular weight is 783 g/mol. The normalized spacial score (nSPS) is 12.4. The van der Waals surface area contributed by atoms with Gasteiger partial charge in [0.1, 0.15) is 23.0 Å². The van der Waals surface area contributed by atoms with E-state index in [1.54, 1.807) is 6.08 Å². The predicted molar refractivity (Wildman–Crippen MR) is 256 cm³/mol. The Hall–Kier alpha value is -8.02. The molecule has 2 heterocycles. The van der Waals surface area contributed by atoms with Gasteiger partial charge in [0.25, 0.3) is 6.71 Å². The molecule has 0 saturated carbocycles. The Morgan fingerprint density at radius 1 is 0.459 bits per heavy atom. The van der Waals surface area contributed by atoms with Crippen LogP contribution >= 0.6 is 0 Å². The van der Waals surface area contributed by atoms with E-state index >= 15 is 0 Å². The van der Waals surface area contributed by atoms with Crippen LogP contribution in [0.25, 0.3) is 32.7 Å². The summed E-state index contributed by atoms with van der Waals surface area (Å²) in [5, 5.41) is 4.64. The van der Waals surface area contributed by atoms with E-state index in [1.807, 2.05) is 18.2 Å². The third-order valence-corrected chi connectivity index (χ3v) is 11.9. The highest BCUT2D eigenvalue weighted by Gasteiger charge is 2.41. The monoisotopic (exact) mass is 782 g/mol. The predicted octanol–water partition coefficient (Wildman–Crippen LogP) is 13.3. The summed E-state index contributed by atoms with van der Waals surface area (Å²) in [7, 11) is 0. The van der Waals surface area contributed by atoms with Crippen molar-refractivity contribution in [3.63, 3.8) is 0 Å². The fraction of sp³-hybridized carbons (Fsp3) is 0. The maximum Gasteiger partial charge on any atom is 0.260 e. The molecule has 4 nitrogen and oxygen atoms in total. The van der Waals surface area contributed by atoms with Crippen molar-refractivity contribution in [2.24, 2.45) is 0 Å². The van der Waals surface area contributed by atoms with Gasteiger partial charge >= 0.3 is 0 Å². The minimum Gasteiger partial charge on any atom is -0.458 e. The molecule has 0 bridgehead atoms. The number of allylic oxidation sites excluding steroid dienone is 3. The lowest BCUT2D eigenvalue weighted by Crippen LogP contribution is -2.57. The quantitative estimate of drug-likeness (QED) is 0.108. The van der Waals surface area contributed by atoms with Gasteiger partial charge in [0, 0.05) is 51.1 Å². The molecular formula is C56H39BN2O2. The molecule has 0 aliphatic carbocycles. The number of para-hydroxylation sites is 1. The van der Waals surface area contributed by atoms with E-state index in [2.05, 4.69) is 211 Å². The summed E-state index contributed by atoms with van der Waals surface area (Å²) < 4.78 is 14.1. The molecule has 0 unspecified atom stereocenters. The van der Waals surface area contributed by atoms with E-state index in [-0.39, 0.29) is 6.71 Å². The molecule has 9 aromatic rings. The van der Waals surface area contributed by atoms with E-state index < -0.39 is 0 Å². The standard InChI is InChI=1S/C56H39BN2O2/c1-3-17-42(4-2)58(50-28-15-22-39-20-11-13-26-46(39)50)44-30-32-48-52(36-44)60-54-34-41(38-18-7-5-8-19-38)35-55-56(54)57(48)49-33-31-45(37-53(49)61-55)59(43-24-9-6-10-25-43)51-29-16-23-40-21-12-14-27-47(40)51/h3-37H,1-2H2/b42-17+. The van der Waals surface area contributed by atoms with Gasteiger partial charge in [-0.3, -0.25) is 0 Å². The second-order valence-corrected chi connectivity index (χ2v) is 15.4. The summed E-state index contributed by atoms with van der Waals surface area (Å²) in [5.41, 5.74) is 11.3. The zero-order chi connectivity index (χ0) is 40.9. The van der Waals surface area contributed by atoms with Crippen LogP contribution < -0.4 is 35.7 Å². The Labute approximate surface area is 356 Å². The first-order valence-corrected chi connectivity index (χ1v) is 20.6. The summed E-state index contributed by atoms with van der Waals surface area (Å²) in [6, 6.07) is 68.4. The second-order valence-electron chi connectivity index (χ2n) is 15.4. The van der Waals surface area contributed by atoms with Crippen molar-refractivity contribution in [1.82, 2.24) is 0 Å². The number of ether oxygens (including phenoxy) is 2. The van der Waals surface area contributed by atoms with E-state index in [0.717, 1.165) is 95.4 Å². The minimum absolute atomic E-state index is 0.137. The van der Waals surface area contributed by atoms with Crippen LogP contribution in [0.1, 0.15) is 0 Å². The van der Waals surface area contributed by atoms with Gasteiger partial charge in [-0.25, -0.2) is 0 Å². The van der Waals surface area contributed by atoms with Gasteiger partial charge in [-0.1, -0.05) is 153 Å². The fourth-order valence-corrected chi connectivity index (χ4v) is 9.14. The lowest BCUT2D eigenvalue weighted by Gasteiger charge is -2.35. The summed E-state index contributed by atoms with van der Waals surface area (Å²) in [6.07, 6.45) is 5.67. The Morgan fingerprint density at radius 2 is 1.00 bits per heavy atom. The molecule has 288 valence electrons. The zero-order valence-electron chi connectivity index (χ0n) is 33.4. The number of rotatable bonds is 9. The highest BCUT2D eigenvalue weighted by atomic mass is 16.5. The molecule has 0 radical (unpaired) electrons. The molecule has 2 aliphatic heterocycles. The summed E-state index contributed by atoms with van der Waals surface area (Å²) in [5.74, 6) is 3.17. The van der Waals surface area contributed by atoms with Gasteiger partial charge in [-0.2, -0.15) is 0 Å². The van der Waals surface area contributed by atoms with Crippen molar-refractivity contribution in [2.75, 3.05) is 9.80 Å². The molecule has 0 saturated heterocycles. The molecular weight excluding hydrogens is 743 g/mol. The van der Waals surface area contributed by atoms with Gasteiger partial charge in [-0.05, 0) is 93.5 Å². The van der Waals surface area contributed by atoms with Crippen molar-refractivity contribution < 1.29 is 9.47 Å². The first kappa shape index (κ1) is 36.1. The van der Waals surface area contributed by atoms with Crippen LogP contribution in [0.2, 0.25) is 0 Å². The largest absolute Gasteiger partial charge is 0.458 e. The number of nitrogens with zero attached hydrogens (tertiary/aromatic N) is 2. The molecule has 0 amide bonds. The van der Waals surface area contributed by atoms with Crippen molar-refractivity contribution in [3.8, 4) is 34.1 Å². The number of hydrogen-bond donors (Lipinski definition) is 0. The molecule has 0 atom stereocenters. The Kier molecular flexibility index (Phi) is 8.86. The molecule has 2 aliphatic rings. The molecule has 5 heteroatoms. The van der Waals surface area contributed by atoms with Gasteiger partial charge in [0.05, 0.1) is 11.4 Å². The maximum atomic E-state index is 7.04. The SMILES string of the molecule is C=C/C=C(\C=C)N(c1ccc2c(c1)Oc1cc(-c3ccccc3)cc3c1B2c1ccc(N(c2ccccc2)c2cccc4ccccc24)cc1O3)c1cccc2ccccc12.